The van der Waals surface area contributed by atoms with Crippen LogP contribution >= 0.6 is 0 Å². The molecule has 124 valence electrons. The maximum atomic E-state index is 12.8. The topological polar surface area (TPSA) is 67.2 Å². The normalized spacial score (nSPS) is 19.3. The molecule has 1 aromatic carbocycles. The van der Waals surface area contributed by atoms with E-state index in [2.05, 4.69) is 10.4 Å². The number of sulfonamides is 1. The quantitative estimate of drug-likeness (QED) is 0.865. The second kappa shape index (κ2) is 6.82. The van der Waals surface area contributed by atoms with Crippen molar-refractivity contribution in [3.05, 3.63) is 48.3 Å². The van der Waals surface area contributed by atoms with Gasteiger partial charge in [0, 0.05) is 25.3 Å². The van der Waals surface area contributed by atoms with Crippen LogP contribution in [-0.4, -0.2) is 48.7 Å². The van der Waals surface area contributed by atoms with Gasteiger partial charge in [0.2, 0.25) is 10.0 Å². The van der Waals surface area contributed by atoms with E-state index in [1.807, 2.05) is 37.4 Å². The van der Waals surface area contributed by atoms with Crippen LogP contribution in [0.25, 0.3) is 0 Å². The van der Waals surface area contributed by atoms with Crippen molar-refractivity contribution in [3.8, 4) is 0 Å². The van der Waals surface area contributed by atoms with Crippen molar-refractivity contribution in [1.82, 2.24) is 19.4 Å². The fraction of sp³-hybridized carbons (Fsp3) is 0.438. The van der Waals surface area contributed by atoms with E-state index in [0.29, 0.717) is 19.6 Å². The lowest BCUT2D eigenvalue weighted by Gasteiger charge is -2.23. The molecule has 23 heavy (non-hydrogen) atoms. The number of rotatable bonds is 6. The van der Waals surface area contributed by atoms with E-state index in [9.17, 15) is 8.42 Å². The molecule has 1 saturated heterocycles. The third kappa shape index (κ3) is 3.46. The van der Waals surface area contributed by atoms with Crippen LogP contribution in [0.3, 0.4) is 0 Å². The minimum absolute atomic E-state index is 0.0301. The molecule has 6 nitrogen and oxygen atoms in total. The van der Waals surface area contributed by atoms with E-state index in [1.54, 1.807) is 15.2 Å². The Hall–Kier alpha value is -1.70. The number of nitrogens with one attached hydrogen (secondary N) is 1. The van der Waals surface area contributed by atoms with Gasteiger partial charge in [-0.1, -0.05) is 30.3 Å². The summed E-state index contributed by atoms with van der Waals surface area (Å²) in [6.07, 6.45) is 4.88. The number of aromatic nitrogens is 2. The molecule has 7 heteroatoms. The lowest BCUT2D eigenvalue weighted by Crippen LogP contribution is -2.40. The van der Waals surface area contributed by atoms with E-state index < -0.39 is 10.0 Å². The van der Waals surface area contributed by atoms with Crippen LogP contribution in [0.15, 0.2) is 47.6 Å². The molecule has 0 spiro atoms. The molecule has 0 amide bonds. The predicted octanol–water partition coefficient (Wildman–Crippen LogP) is 1.30. The molecule has 1 aliphatic rings. The molecule has 0 saturated carbocycles. The second-order valence-electron chi connectivity index (χ2n) is 5.83. The number of likely N-dealkylation sites (N-methyl/N-ethyl adjacent to an activating group) is 1. The van der Waals surface area contributed by atoms with Gasteiger partial charge < -0.3 is 5.32 Å². The summed E-state index contributed by atoms with van der Waals surface area (Å²) in [5.74, 6) is 0. The summed E-state index contributed by atoms with van der Waals surface area (Å²) in [6.45, 7) is 1.83. The summed E-state index contributed by atoms with van der Waals surface area (Å²) in [7, 11) is -1.62. The average molecular weight is 334 g/mol. The fourth-order valence-electron chi connectivity index (χ4n) is 3.04. The summed E-state index contributed by atoms with van der Waals surface area (Å²) in [5, 5.41) is 7.29. The molecule has 1 aromatic heterocycles. The van der Waals surface area contributed by atoms with E-state index in [0.717, 1.165) is 18.4 Å². The van der Waals surface area contributed by atoms with Crippen LogP contribution in [0.5, 0.6) is 0 Å². The summed E-state index contributed by atoms with van der Waals surface area (Å²) >= 11 is 0. The van der Waals surface area contributed by atoms with Crippen molar-refractivity contribution < 1.29 is 8.42 Å². The van der Waals surface area contributed by atoms with Gasteiger partial charge in [0.1, 0.15) is 4.90 Å². The zero-order valence-corrected chi connectivity index (χ0v) is 14.0. The first kappa shape index (κ1) is 16.2. The monoisotopic (exact) mass is 334 g/mol. The van der Waals surface area contributed by atoms with Crippen LogP contribution in [0, 0.1) is 0 Å². The Labute approximate surface area is 137 Å². The lowest BCUT2D eigenvalue weighted by molar-refractivity contribution is 0.379. The standard InChI is InChI=1S/C16H22N4O2S/c1-17-10-15-8-5-9-20(15)23(21,22)16-11-18-19(13-16)12-14-6-3-2-4-7-14/h2-4,6-7,11,13,15,17H,5,8-10,12H2,1H3. The van der Waals surface area contributed by atoms with Crippen molar-refractivity contribution >= 4 is 10.0 Å². The van der Waals surface area contributed by atoms with Crippen LogP contribution < -0.4 is 5.32 Å². The molecule has 2 aromatic rings. The molecule has 1 unspecified atom stereocenters. The number of hydrogen-bond acceptors (Lipinski definition) is 4. The molecular formula is C16H22N4O2S. The minimum Gasteiger partial charge on any atom is -0.318 e. The van der Waals surface area contributed by atoms with Gasteiger partial charge in [0.15, 0.2) is 0 Å². The first-order valence-electron chi connectivity index (χ1n) is 7.84. The highest BCUT2D eigenvalue weighted by Gasteiger charge is 2.35. The second-order valence-corrected chi connectivity index (χ2v) is 7.72. The van der Waals surface area contributed by atoms with Crippen LogP contribution in [0.2, 0.25) is 0 Å². The Morgan fingerprint density at radius 2 is 2.09 bits per heavy atom. The Bertz CT molecular complexity index is 742. The summed E-state index contributed by atoms with van der Waals surface area (Å²) in [4.78, 5) is 0.274. The number of benzene rings is 1. The Balaban J connectivity index is 1.78. The van der Waals surface area contributed by atoms with Crippen LogP contribution in [0.4, 0.5) is 0 Å². The molecular weight excluding hydrogens is 312 g/mol. The minimum atomic E-state index is -3.47. The Morgan fingerprint density at radius 1 is 1.30 bits per heavy atom. The molecule has 0 bridgehead atoms. The summed E-state index contributed by atoms with van der Waals surface area (Å²) in [5.41, 5.74) is 1.09. The van der Waals surface area contributed by atoms with Gasteiger partial charge >= 0.3 is 0 Å². The molecule has 1 N–H and O–H groups in total. The molecule has 0 aliphatic carbocycles. The highest BCUT2D eigenvalue weighted by Crippen LogP contribution is 2.25. The van der Waals surface area contributed by atoms with Gasteiger partial charge in [-0.3, -0.25) is 4.68 Å². The third-order valence-electron chi connectivity index (χ3n) is 4.17. The number of nitrogens with zero attached hydrogens (tertiary/aromatic N) is 3. The smallest absolute Gasteiger partial charge is 0.246 e. The van der Waals surface area contributed by atoms with E-state index >= 15 is 0 Å². The Kier molecular flexibility index (Phi) is 4.79. The Morgan fingerprint density at radius 3 is 2.83 bits per heavy atom. The molecule has 1 fully saturated rings. The zero-order chi connectivity index (χ0) is 16.3. The zero-order valence-electron chi connectivity index (χ0n) is 13.2. The molecule has 0 radical (unpaired) electrons. The fourth-order valence-corrected chi connectivity index (χ4v) is 4.68. The highest BCUT2D eigenvalue weighted by molar-refractivity contribution is 7.89. The van der Waals surface area contributed by atoms with Gasteiger partial charge in [-0.15, -0.1) is 0 Å². The summed E-state index contributed by atoms with van der Waals surface area (Å²) < 4.78 is 28.9. The SMILES string of the molecule is CNCC1CCCN1S(=O)(=O)c1cnn(Cc2ccccc2)c1. The van der Waals surface area contributed by atoms with Crippen molar-refractivity contribution in [2.75, 3.05) is 20.1 Å². The predicted molar refractivity (Wildman–Crippen MR) is 88.6 cm³/mol. The molecule has 1 aliphatic heterocycles. The van der Waals surface area contributed by atoms with Gasteiger partial charge in [0.05, 0.1) is 12.7 Å². The van der Waals surface area contributed by atoms with Gasteiger partial charge in [-0.25, -0.2) is 8.42 Å². The van der Waals surface area contributed by atoms with Crippen LogP contribution in [-0.2, 0) is 16.6 Å². The maximum Gasteiger partial charge on any atom is 0.246 e. The molecule has 3 rings (SSSR count). The van der Waals surface area contributed by atoms with Crippen molar-refractivity contribution in [3.63, 3.8) is 0 Å². The molecule has 1 atom stereocenters. The summed E-state index contributed by atoms with van der Waals surface area (Å²) in [6, 6.07) is 9.91. The largest absolute Gasteiger partial charge is 0.318 e. The van der Waals surface area contributed by atoms with E-state index in [-0.39, 0.29) is 10.9 Å². The third-order valence-corrected chi connectivity index (χ3v) is 6.07. The van der Waals surface area contributed by atoms with E-state index in [4.69, 9.17) is 0 Å². The lowest BCUT2D eigenvalue weighted by atomic mass is 10.2. The van der Waals surface area contributed by atoms with Crippen molar-refractivity contribution in [2.24, 2.45) is 0 Å². The van der Waals surface area contributed by atoms with Crippen molar-refractivity contribution in [2.45, 2.75) is 30.3 Å². The van der Waals surface area contributed by atoms with Crippen LogP contribution in [0.1, 0.15) is 18.4 Å². The van der Waals surface area contributed by atoms with Gasteiger partial charge in [-0.2, -0.15) is 9.40 Å². The average Bonchev–Trinajstić information content (AvgIpc) is 3.19. The van der Waals surface area contributed by atoms with Crippen molar-refractivity contribution in [1.29, 1.82) is 0 Å². The maximum absolute atomic E-state index is 12.8. The number of hydrogen-bond donors (Lipinski definition) is 1. The van der Waals surface area contributed by atoms with E-state index in [1.165, 1.54) is 6.20 Å². The highest BCUT2D eigenvalue weighted by atomic mass is 32.2. The first-order chi connectivity index (χ1) is 11.1. The van der Waals surface area contributed by atoms with Gasteiger partial charge in [0.25, 0.3) is 0 Å². The first-order valence-corrected chi connectivity index (χ1v) is 9.28. The van der Waals surface area contributed by atoms with Gasteiger partial charge in [-0.05, 0) is 25.5 Å². The molecule has 2 heterocycles.